The summed E-state index contributed by atoms with van der Waals surface area (Å²) in [6, 6.07) is 8.92. The van der Waals surface area contributed by atoms with Crippen LogP contribution in [0.25, 0.3) is 0 Å². The molecule has 0 spiro atoms. The minimum absolute atomic E-state index is 0.0757. The van der Waals surface area contributed by atoms with Gasteiger partial charge in [-0.1, -0.05) is 6.07 Å². The normalized spacial score (nSPS) is 12.1. The van der Waals surface area contributed by atoms with Gasteiger partial charge in [0.05, 0.1) is 18.6 Å². The first-order valence-corrected chi connectivity index (χ1v) is 12.4. The monoisotopic (exact) mass is 484 g/mol. The molecule has 2 N–H and O–H groups in total. The SMILES string of the molecule is COc1ccc(NC(=O)CNc2cc(S(=O)(=O)N(C)C)ccc2C)cc1S(=O)(=O)N(C)C. The molecule has 176 valence electrons. The number of hydrogen-bond acceptors (Lipinski definition) is 7. The molecule has 0 unspecified atom stereocenters. The summed E-state index contributed by atoms with van der Waals surface area (Å²) in [6.45, 7) is 1.63. The average Bonchev–Trinajstić information content (AvgIpc) is 2.72. The Balaban J connectivity index is 2.20. The number of benzene rings is 2. The van der Waals surface area contributed by atoms with Gasteiger partial charge in [0.1, 0.15) is 10.6 Å². The molecule has 0 fully saturated rings. The van der Waals surface area contributed by atoms with Crippen molar-refractivity contribution in [2.45, 2.75) is 16.7 Å². The van der Waals surface area contributed by atoms with E-state index in [4.69, 9.17) is 4.74 Å². The number of aryl methyl sites for hydroxylation is 1. The molecular weight excluding hydrogens is 456 g/mol. The van der Waals surface area contributed by atoms with Gasteiger partial charge in [0.2, 0.25) is 26.0 Å². The number of methoxy groups -OCH3 is 1. The highest BCUT2D eigenvalue weighted by molar-refractivity contribution is 7.89. The molecule has 0 aliphatic carbocycles. The van der Waals surface area contributed by atoms with Gasteiger partial charge in [-0.2, -0.15) is 0 Å². The quantitative estimate of drug-likeness (QED) is 0.553. The van der Waals surface area contributed by atoms with Crippen molar-refractivity contribution >= 4 is 37.3 Å². The van der Waals surface area contributed by atoms with Gasteiger partial charge in [0.15, 0.2) is 0 Å². The minimum Gasteiger partial charge on any atom is -0.495 e. The molecule has 2 aromatic rings. The summed E-state index contributed by atoms with van der Waals surface area (Å²) in [5.74, 6) is -0.284. The predicted octanol–water partition coefficient (Wildman–Crippen LogP) is 1.55. The molecule has 2 rings (SSSR count). The van der Waals surface area contributed by atoms with Crippen molar-refractivity contribution in [3.8, 4) is 5.75 Å². The van der Waals surface area contributed by atoms with Crippen molar-refractivity contribution in [3.05, 3.63) is 42.0 Å². The summed E-state index contributed by atoms with van der Waals surface area (Å²) in [5, 5.41) is 5.55. The highest BCUT2D eigenvalue weighted by Crippen LogP contribution is 2.29. The van der Waals surface area contributed by atoms with E-state index in [2.05, 4.69) is 10.6 Å². The van der Waals surface area contributed by atoms with Crippen LogP contribution < -0.4 is 15.4 Å². The van der Waals surface area contributed by atoms with E-state index in [0.29, 0.717) is 5.69 Å². The fourth-order valence-electron chi connectivity index (χ4n) is 2.70. The maximum atomic E-state index is 12.5. The molecule has 2 aromatic carbocycles. The summed E-state index contributed by atoms with van der Waals surface area (Å²) >= 11 is 0. The number of amides is 1. The Morgan fingerprint density at radius 1 is 0.938 bits per heavy atom. The second kappa shape index (κ2) is 9.86. The topological polar surface area (TPSA) is 125 Å². The van der Waals surface area contributed by atoms with Gasteiger partial charge < -0.3 is 15.4 Å². The number of hydrogen-bond donors (Lipinski definition) is 2. The van der Waals surface area contributed by atoms with Gasteiger partial charge in [-0.05, 0) is 42.8 Å². The summed E-state index contributed by atoms with van der Waals surface area (Å²) in [5.41, 5.74) is 1.53. The van der Waals surface area contributed by atoms with Crippen LogP contribution in [-0.4, -0.2) is 73.2 Å². The molecule has 0 saturated carbocycles. The molecular formula is C20H28N4O6S2. The Morgan fingerprint density at radius 2 is 1.56 bits per heavy atom. The van der Waals surface area contributed by atoms with E-state index < -0.39 is 26.0 Å². The first-order chi connectivity index (χ1) is 14.8. The summed E-state index contributed by atoms with van der Waals surface area (Å²) < 4.78 is 57.0. The number of anilines is 2. The molecule has 0 aliphatic rings. The third kappa shape index (κ3) is 5.57. The van der Waals surface area contributed by atoms with Gasteiger partial charge in [0, 0.05) is 39.6 Å². The van der Waals surface area contributed by atoms with Gasteiger partial charge in [-0.3, -0.25) is 4.79 Å². The molecule has 0 saturated heterocycles. The van der Waals surface area contributed by atoms with Crippen LogP contribution in [-0.2, 0) is 24.8 Å². The lowest BCUT2D eigenvalue weighted by molar-refractivity contribution is -0.114. The highest BCUT2D eigenvalue weighted by atomic mass is 32.2. The Kier molecular flexibility index (Phi) is 7.88. The highest BCUT2D eigenvalue weighted by Gasteiger charge is 2.23. The molecule has 0 bridgehead atoms. The predicted molar refractivity (Wildman–Crippen MR) is 123 cm³/mol. The smallest absolute Gasteiger partial charge is 0.246 e. The van der Waals surface area contributed by atoms with Crippen LogP contribution in [0.15, 0.2) is 46.2 Å². The maximum absolute atomic E-state index is 12.5. The second-order valence-corrected chi connectivity index (χ2v) is 11.6. The lowest BCUT2D eigenvalue weighted by atomic mass is 10.2. The Labute approximate surface area is 189 Å². The zero-order valence-electron chi connectivity index (χ0n) is 18.8. The van der Waals surface area contributed by atoms with Gasteiger partial charge in [0.25, 0.3) is 0 Å². The molecule has 0 radical (unpaired) electrons. The largest absolute Gasteiger partial charge is 0.495 e. The molecule has 12 heteroatoms. The van der Waals surface area contributed by atoms with Gasteiger partial charge >= 0.3 is 0 Å². The van der Waals surface area contributed by atoms with E-state index in [1.165, 1.54) is 65.6 Å². The lowest BCUT2D eigenvalue weighted by Crippen LogP contribution is -2.25. The number of nitrogens with one attached hydrogen (secondary N) is 2. The fourth-order valence-corrected chi connectivity index (χ4v) is 4.70. The molecule has 0 atom stereocenters. The molecule has 0 aliphatic heterocycles. The number of rotatable bonds is 9. The number of nitrogens with zero attached hydrogens (tertiary/aromatic N) is 2. The van der Waals surface area contributed by atoms with E-state index in [0.717, 1.165) is 14.2 Å². The van der Waals surface area contributed by atoms with E-state index >= 15 is 0 Å². The van der Waals surface area contributed by atoms with Crippen LogP contribution in [0.2, 0.25) is 0 Å². The zero-order valence-corrected chi connectivity index (χ0v) is 20.5. The minimum atomic E-state index is -3.78. The van der Waals surface area contributed by atoms with E-state index in [1.54, 1.807) is 13.0 Å². The second-order valence-electron chi connectivity index (χ2n) is 7.32. The van der Waals surface area contributed by atoms with Crippen molar-refractivity contribution in [2.75, 3.05) is 52.5 Å². The van der Waals surface area contributed by atoms with Crippen molar-refractivity contribution in [1.29, 1.82) is 0 Å². The lowest BCUT2D eigenvalue weighted by Gasteiger charge is -2.16. The molecule has 0 heterocycles. The first-order valence-electron chi connectivity index (χ1n) is 9.48. The average molecular weight is 485 g/mol. The molecule has 10 nitrogen and oxygen atoms in total. The molecule has 0 aromatic heterocycles. The maximum Gasteiger partial charge on any atom is 0.246 e. The third-order valence-electron chi connectivity index (χ3n) is 4.63. The van der Waals surface area contributed by atoms with Crippen LogP contribution in [0.3, 0.4) is 0 Å². The van der Waals surface area contributed by atoms with Crippen molar-refractivity contribution < 1.29 is 26.4 Å². The van der Waals surface area contributed by atoms with E-state index in [1.807, 2.05) is 0 Å². The van der Waals surface area contributed by atoms with E-state index in [9.17, 15) is 21.6 Å². The number of carbonyl (C=O) groups is 1. The third-order valence-corrected chi connectivity index (χ3v) is 8.28. The number of ether oxygens (including phenoxy) is 1. The first kappa shape index (κ1) is 25.6. The van der Waals surface area contributed by atoms with Crippen LogP contribution in [0.1, 0.15) is 5.56 Å². The van der Waals surface area contributed by atoms with Crippen molar-refractivity contribution in [3.63, 3.8) is 0 Å². The standard InChI is InChI=1S/C20H28N4O6S2/c1-14-7-9-16(31(26,27)23(2)3)12-17(14)21-13-20(25)22-15-8-10-18(30-6)19(11-15)32(28,29)24(4)5/h7-12,21H,13H2,1-6H3,(H,22,25). The van der Waals surface area contributed by atoms with Crippen LogP contribution >= 0.6 is 0 Å². The van der Waals surface area contributed by atoms with Crippen LogP contribution in [0, 0.1) is 6.92 Å². The van der Waals surface area contributed by atoms with Gasteiger partial charge in [-0.15, -0.1) is 0 Å². The van der Waals surface area contributed by atoms with Crippen LogP contribution in [0.4, 0.5) is 11.4 Å². The van der Waals surface area contributed by atoms with Gasteiger partial charge in [-0.25, -0.2) is 25.4 Å². The Morgan fingerprint density at radius 3 is 2.12 bits per heavy atom. The Hall–Kier alpha value is -2.67. The van der Waals surface area contributed by atoms with Crippen molar-refractivity contribution in [1.82, 2.24) is 8.61 Å². The van der Waals surface area contributed by atoms with E-state index in [-0.39, 0.29) is 27.8 Å². The summed E-state index contributed by atoms with van der Waals surface area (Å²) in [6.07, 6.45) is 0. The fraction of sp³-hybridized carbons (Fsp3) is 0.350. The van der Waals surface area contributed by atoms with Crippen LogP contribution in [0.5, 0.6) is 5.75 Å². The number of sulfonamides is 2. The summed E-state index contributed by atoms with van der Waals surface area (Å²) in [7, 11) is -0.360. The van der Waals surface area contributed by atoms with Crippen molar-refractivity contribution in [2.24, 2.45) is 0 Å². The Bertz CT molecular complexity index is 1210. The summed E-state index contributed by atoms with van der Waals surface area (Å²) in [4.78, 5) is 12.5. The number of carbonyl (C=O) groups excluding carboxylic acids is 1. The zero-order chi connectivity index (χ0) is 24.3. The molecule has 1 amide bonds. The molecule has 32 heavy (non-hydrogen) atoms.